The van der Waals surface area contributed by atoms with Gasteiger partial charge in [0.25, 0.3) is 0 Å². The van der Waals surface area contributed by atoms with E-state index in [1.807, 2.05) is 13.8 Å². The third kappa shape index (κ3) is 3.90. The van der Waals surface area contributed by atoms with Gasteiger partial charge in [0.05, 0.1) is 14.2 Å². The maximum atomic E-state index is 5.15. The number of methoxy groups -OCH3 is 2. The molecule has 15 heavy (non-hydrogen) atoms. The second kappa shape index (κ2) is 7.26. The zero-order valence-corrected chi connectivity index (χ0v) is 10.6. The molecule has 0 aromatic rings. The molecule has 0 fully saturated rings. The van der Waals surface area contributed by atoms with E-state index >= 15 is 0 Å². The molecule has 0 bridgehead atoms. The Morgan fingerprint density at radius 3 is 2.20 bits per heavy atom. The Morgan fingerprint density at radius 2 is 1.80 bits per heavy atom. The molecule has 4 heteroatoms. The molecule has 0 N–H and O–H groups in total. The van der Waals surface area contributed by atoms with Crippen LogP contribution in [0.1, 0.15) is 27.7 Å². The lowest BCUT2D eigenvalue weighted by Gasteiger charge is -2.22. The number of hydrogen-bond acceptors (Lipinski definition) is 4. The SMILES string of the molecule is CC.COC1=NC(C(C)C)C(OC)=NC1. The normalized spacial score (nSPS) is 19.8. The fourth-order valence-corrected chi connectivity index (χ4v) is 1.23. The summed E-state index contributed by atoms with van der Waals surface area (Å²) in [6.07, 6.45) is 0. The highest BCUT2D eigenvalue weighted by Crippen LogP contribution is 2.13. The summed E-state index contributed by atoms with van der Waals surface area (Å²) < 4.78 is 10.2. The lowest BCUT2D eigenvalue weighted by atomic mass is 10.0. The van der Waals surface area contributed by atoms with Gasteiger partial charge in [-0.15, -0.1) is 0 Å². The van der Waals surface area contributed by atoms with Crippen molar-refractivity contribution >= 4 is 11.8 Å². The summed E-state index contributed by atoms with van der Waals surface area (Å²) in [5, 5.41) is 0. The van der Waals surface area contributed by atoms with Crippen LogP contribution in [0.25, 0.3) is 0 Å². The lowest BCUT2D eigenvalue weighted by molar-refractivity contribution is 0.344. The summed E-state index contributed by atoms with van der Waals surface area (Å²) >= 11 is 0. The molecule has 0 aliphatic carbocycles. The summed E-state index contributed by atoms with van der Waals surface area (Å²) in [4.78, 5) is 8.63. The Kier molecular flexibility index (Phi) is 6.75. The van der Waals surface area contributed by atoms with Gasteiger partial charge in [0.15, 0.2) is 0 Å². The average molecular weight is 214 g/mol. The van der Waals surface area contributed by atoms with Gasteiger partial charge in [0.2, 0.25) is 11.8 Å². The van der Waals surface area contributed by atoms with Crippen molar-refractivity contribution in [2.75, 3.05) is 20.8 Å². The van der Waals surface area contributed by atoms with Crippen LogP contribution >= 0.6 is 0 Å². The van der Waals surface area contributed by atoms with E-state index in [0.29, 0.717) is 24.3 Å². The van der Waals surface area contributed by atoms with Crippen LogP contribution in [-0.4, -0.2) is 38.6 Å². The highest BCUT2D eigenvalue weighted by atomic mass is 16.5. The van der Waals surface area contributed by atoms with Crippen LogP contribution in [0.3, 0.4) is 0 Å². The third-order valence-corrected chi connectivity index (χ3v) is 1.98. The van der Waals surface area contributed by atoms with Crippen LogP contribution in [0.5, 0.6) is 0 Å². The molecule has 4 nitrogen and oxygen atoms in total. The minimum atomic E-state index is 0.00806. The van der Waals surface area contributed by atoms with E-state index in [9.17, 15) is 0 Å². The topological polar surface area (TPSA) is 43.2 Å². The molecule has 1 atom stereocenters. The van der Waals surface area contributed by atoms with Crippen LogP contribution in [0.2, 0.25) is 0 Å². The Bertz CT molecular complexity index is 235. The highest BCUT2D eigenvalue weighted by Gasteiger charge is 2.24. The molecule has 0 saturated heterocycles. The maximum Gasteiger partial charge on any atom is 0.209 e. The predicted octanol–water partition coefficient (Wildman–Crippen LogP) is 2.14. The zero-order chi connectivity index (χ0) is 11.8. The van der Waals surface area contributed by atoms with Crippen molar-refractivity contribution in [2.24, 2.45) is 15.9 Å². The second-order valence-electron chi connectivity index (χ2n) is 3.27. The summed E-state index contributed by atoms with van der Waals surface area (Å²) in [6.45, 7) is 8.66. The smallest absolute Gasteiger partial charge is 0.209 e. The van der Waals surface area contributed by atoms with Crippen LogP contribution in [0, 0.1) is 5.92 Å². The van der Waals surface area contributed by atoms with E-state index in [1.165, 1.54) is 0 Å². The Morgan fingerprint density at radius 1 is 1.20 bits per heavy atom. The van der Waals surface area contributed by atoms with Crippen molar-refractivity contribution in [3.05, 3.63) is 0 Å². The van der Waals surface area contributed by atoms with E-state index in [-0.39, 0.29) is 6.04 Å². The minimum absolute atomic E-state index is 0.00806. The Labute approximate surface area is 92.4 Å². The van der Waals surface area contributed by atoms with E-state index < -0.39 is 0 Å². The molecular formula is C11H22N2O2. The van der Waals surface area contributed by atoms with E-state index in [2.05, 4.69) is 23.8 Å². The maximum absolute atomic E-state index is 5.15. The fraction of sp³-hybridized carbons (Fsp3) is 0.818. The van der Waals surface area contributed by atoms with Gasteiger partial charge in [-0.1, -0.05) is 27.7 Å². The van der Waals surface area contributed by atoms with E-state index in [4.69, 9.17) is 9.47 Å². The molecule has 1 aliphatic rings. The van der Waals surface area contributed by atoms with Crippen molar-refractivity contribution in [1.82, 2.24) is 0 Å². The molecule has 0 aromatic heterocycles. The first-order valence-electron chi connectivity index (χ1n) is 5.38. The van der Waals surface area contributed by atoms with E-state index in [1.54, 1.807) is 14.2 Å². The van der Waals surface area contributed by atoms with Gasteiger partial charge in [-0.25, -0.2) is 9.98 Å². The number of rotatable bonds is 1. The minimum Gasteiger partial charge on any atom is -0.483 e. The summed E-state index contributed by atoms with van der Waals surface area (Å²) in [5.74, 6) is 1.76. The lowest BCUT2D eigenvalue weighted by Crippen LogP contribution is -2.32. The van der Waals surface area contributed by atoms with Crippen molar-refractivity contribution in [3.8, 4) is 0 Å². The predicted molar refractivity (Wildman–Crippen MR) is 63.7 cm³/mol. The van der Waals surface area contributed by atoms with Gasteiger partial charge in [-0.3, -0.25) is 0 Å². The van der Waals surface area contributed by atoms with Gasteiger partial charge < -0.3 is 9.47 Å². The van der Waals surface area contributed by atoms with Crippen LogP contribution in [0.15, 0.2) is 9.98 Å². The Balaban J connectivity index is 0.000000921. The van der Waals surface area contributed by atoms with Gasteiger partial charge in [0, 0.05) is 0 Å². The van der Waals surface area contributed by atoms with Crippen molar-refractivity contribution in [3.63, 3.8) is 0 Å². The molecule has 88 valence electrons. The molecule has 1 heterocycles. The van der Waals surface area contributed by atoms with Gasteiger partial charge >= 0.3 is 0 Å². The van der Waals surface area contributed by atoms with Crippen molar-refractivity contribution in [1.29, 1.82) is 0 Å². The number of nitrogens with zero attached hydrogens (tertiary/aromatic N) is 2. The van der Waals surface area contributed by atoms with Gasteiger partial charge in [-0.2, -0.15) is 0 Å². The van der Waals surface area contributed by atoms with Crippen molar-refractivity contribution in [2.45, 2.75) is 33.7 Å². The quantitative estimate of drug-likeness (QED) is 0.671. The summed E-state index contributed by atoms with van der Waals surface area (Å²) in [5.41, 5.74) is 0. The number of aliphatic imine (C=N–C) groups is 2. The Hall–Kier alpha value is -1.06. The molecule has 0 amide bonds. The molecule has 1 rings (SSSR count). The monoisotopic (exact) mass is 214 g/mol. The first-order chi connectivity index (χ1) is 7.19. The highest BCUT2D eigenvalue weighted by molar-refractivity contribution is 5.91. The number of hydrogen-bond donors (Lipinski definition) is 0. The van der Waals surface area contributed by atoms with Crippen LogP contribution in [-0.2, 0) is 9.47 Å². The first kappa shape index (κ1) is 13.9. The molecule has 1 aliphatic heterocycles. The first-order valence-corrected chi connectivity index (χ1v) is 5.38. The van der Waals surface area contributed by atoms with Gasteiger partial charge in [-0.05, 0) is 5.92 Å². The fourth-order valence-electron chi connectivity index (χ4n) is 1.23. The molecular weight excluding hydrogens is 192 g/mol. The average Bonchev–Trinajstić information content (AvgIpc) is 2.30. The van der Waals surface area contributed by atoms with E-state index in [0.717, 1.165) is 0 Å². The standard InChI is InChI=1S/C9H16N2O2.C2H6/c1-6(2)8-9(13-4)10-5-7(11-8)12-3;1-2/h6,8H,5H2,1-4H3;1-2H3. The van der Waals surface area contributed by atoms with Crippen LogP contribution in [0.4, 0.5) is 0 Å². The van der Waals surface area contributed by atoms with Gasteiger partial charge in [0.1, 0.15) is 12.6 Å². The van der Waals surface area contributed by atoms with Crippen molar-refractivity contribution < 1.29 is 9.47 Å². The van der Waals surface area contributed by atoms with Crippen LogP contribution < -0.4 is 0 Å². The zero-order valence-electron chi connectivity index (χ0n) is 10.6. The molecule has 0 aromatic carbocycles. The molecule has 1 unspecified atom stereocenters. The third-order valence-electron chi connectivity index (χ3n) is 1.98. The summed E-state index contributed by atoms with van der Waals surface area (Å²) in [6, 6.07) is 0.00806. The number of ether oxygens (including phenoxy) is 2. The largest absolute Gasteiger partial charge is 0.483 e. The summed E-state index contributed by atoms with van der Waals surface area (Å²) in [7, 11) is 3.24. The molecule has 0 radical (unpaired) electrons. The second-order valence-corrected chi connectivity index (χ2v) is 3.27. The molecule has 0 spiro atoms. The molecule has 0 saturated carbocycles.